The molecule has 0 aliphatic heterocycles. The zero-order valence-corrected chi connectivity index (χ0v) is 16.3. The molecule has 0 radical (unpaired) electrons. The second kappa shape index (κ2) is 11.4. The summed E-state index contributed by atoms with van der Waals surface area (Å²) in [5, 5.41) is 0. The van der Waals surface area contributed by atoms with Crippen molar-refractivity contribution in [3.8, 4) is 0 Å². The number of rotatable bonds is 12. The molecule has 0 aromatic heterocycles. The first-order chi connectivity index (χ1) is 8.70. The predicted octanol–water partition coefficient (Wildman–Crippen LogP) is 6.80. The van der Waals surface area contributed by atoms with Gasteiger partial charge in [-0.15, -0.1) is 0 Å². The minimum absolute atomic E-state index is 0.934. The van der Waals surface area contributed by atoms with E-state index in [9.17, 15) is 0 Å². The molecule has 0 nitrogen and oxygen atoms in total. The molecule has 0 rings (SSSR count). The van der Waals surface area contributed by atoms with Gasteiger partial charge in [0.1, 0.15) is 0 Å². The molecule has 0 saturated carbocycles. The molecular formula is C17H36Sn. The van der Waals surface area contributed by atoms with Gasteiger partial charge in [-0.2, -0.15) is 0 Å². The monoisotopic (exact) mass is 360 g/mol. The maximum atomic E-state index is 4.17. The molecule has 0 amide bonds. The van der Waals surface area contributed by atoms with Crippen molar-refractivity contribution in [1.82, 2.24) is 0 Å². The first-order valence-corrected chi connectivity index (χ1v) is 16.0. The van der Waals surface area contributed by atoms with Crippen molar-refractivity contribution in [3.63, 3.8) is 0 Å². The van der Waals surface area contributed by atoms with Crippen LogP contribution in [0.25, 0.3) is 0 Å². The first kappa shape index (κ1) is 18.5. The summed E-state index contributed by atoms with van der Waals surface area (Å²) in [5.74, 6) is 0. The number of hydrogen-bond acceptors (Lipinski definition) is 0. The Morgan fingerprint density at radius 2 is 1.22 bits per heavy atom. The van der Waals surface area contributed by atoms with Crippen molar-refractivity contribution in [3.05, 3.63) is 12.7 Å². The van der Waals surface area contributed by atoms with E-state index in [1.165, 1.54) is 44.9 Å². The Bertz CT molecular complexity index is 176. The zero-order valence-electron chi connectivity index (χ0n) is 13.4. The summed E-state index contributed by atoms with van der Waals surface area (Å²) in [6.07, 6.45) is 12.3. The second-order valence-corrected chi connectivity index (χ2v) is 20.1. The normalized spacial score (nSPS) is 13.6. The van der Waals surface area contributed by atoms with E-state index in [0.29, 0.717) is 0 Å². The van der Waals surface area contributed by atoms with Crippen LogP contribution in [0.3, 0.4) is 0 Å². The van der Waals surface area contributed by atoms with Crippen LogP contribution >= 0.6 is 0 Å². The Morgan fingerprint density at radius 3 is 1.44 bits per heavy atom. The quantitative estimate of drug-likeness (QED) is 0.265. The van der Waals surface area contributed by atoms with Crippen LogP contribution in [-0.2, 0) is 0 Å². The molecule has 0 fully saturated rings. The fraction of sp³-hybridized carbons (Fsp3) is 0.882. The average Bonchev–Trinajstić information content (AvgIpc) is 2.41. The summed E-state index contributed by atoms with van der Waals surface area (Å²) >= 11 is -1.96. The van der Waals surface area contributed by atoms with E-state index in [-0.39, 0.29) is 0 Å². The number of allylic oxidation sites excluding steroid dienone is 1. The van der Waals surface area contributed by atoms with Crippen LogP contribution < -0.4 is 0 Å². The summed E-state index contributed by atoms with van der Waals surface area (Å²) < 4.78 is 5.80. The molecule has 0 aliphatic carbocycles. The molecule has 0 heterocycles. The molecule has 0 saturated heterocycles. The molecule has 0 spiro atoms. The molecule has 0 bridgehead atoms. The minimum atomic E-state index is -1.96. The Balaban J connectivity index is 4.88. The van der Waals surface area contributed by atoms with Crippen LogP contribution in [0.15, 0.2) is 12.7 Å². The standard InChI is InChI=1S/C5H9.3C4H9.Sn/c1-3-5-4-2;3*1-3-4-2;/h3,5H,1,4H2,2H3;3*1,3-4H2,2H3;. The van der Waals surface area contributed by atoms with E-state index in [2.05, 4.69) is 40.3 Å². The number of hydrogen-bond donors (Lipinski definition) is 0. The molecule has 1 heteroatoms. The zero-order chi connectivity index (χ0) is 13.9. The summed E-state index contributed by atoms with van der Waals surface area (Å²) in [7, 11) is 0. The van der Waals surface area contributed by atoms with Crippen molar-refractivity contribution in [2.75, 3.05) is 0 Å². The van der Waals surface area contributed by atoms with Gasteiger partial charge in [0, 0.05) is 0 Å². The first-order valence-electron chi connectivity index (χ1n) is 8.33. The van der Waals surface area contributed by atoms with Gasteiger partial charge in [-0.1, -0.05) is 0 Å². The second-order valence-electron chi connectivity index (χ2n) is 5.92. The molecule has 0 aromatic rings. The Kier molecular flexibility index (Phi) is 11.7. The van der Waals surface area contributed by atoms with Crippen LogP contribution in [-0.4, -0.2) is 18.4 Å². The third-order valence-electron chi connectivity index (χ3n) is 4.60. The molecule has 0 N–H and O–H groups in total. The van der Waals surface area contributed by atoms with E-state index < -0.39 is 18.4 Å². The van der Waals surface area contributed by atoms with Crippen LogP contribution in [0.4, 0.5) is 0 Å². The fourth-order valence-electron chi connectivity index (χ4n) is 3.37. The van der Waals surface area contributed by atoms with Gasteiger partial charge in [0.05, 0.1) is 0 Å². The van der Waals surface area contributed by atoms with Crippen LogP contribution in [0.1, 0.15) is 72.6 Å². The van der Waals surface area contributed by atoms with Gasteiger partial charge in [-0.05, 0) is 0 Å². The van der Waals surface area contributed by atoms with E-state index in [1.54, 1.807) is 13.3 Å². The van der Waals surface area contributed by atoms with Gasteiger partial charge in [0.2, 0.25) is 0 Å². The van der Waals surface area contributed by atoms with Crippen LogP contribution in [0, 0.1) is 0 Å². The summed E-state index contributed by atoms with van der Waals surface area (Å²) in [5.41, 5.74) is 0. The van der Waals surface area contributed by atoms with Gasteiger partial charge >= 0.3 is 121 Å². The summed E-state index contributed by atoms with van der Waals surface area (Å²) in [6.45, 7) is 13.6. The van der Waals surface area contributed by atoms with Gasteiger partial charge in [0.15, 0.2) is 0 Å². The SMILES string of the molecule is C=C[CH](CC)[Sn]([CH2]CCC)([CH2]CCC)[CH2]CCC. The third-order valence-corrected chi connectivity index (χ3v) is 22.5. The average molecular weight is 359 g/mol. The molecular weight excluding hydrogens is 323 g/mol. The number of unbranched alkanes of at least 4 members (excludes halogenated alkanes) is 3. The van der Waals surface area contributed by atoms with E-state index >= 15 is 0 Å². The fourth-order valence-corrected chi connectivity index (χ4v) is 21.6. The molecule has 108 valence electrons. The van der Waals surface area contributed by atoms with Gasteiger partial charge < -0.3 is 0 Å². The topological polar surface area (TPSA) is 0 Å². The molecule has 0 aliphatic rings. The van der Waals surface area contributed by atoms with E-state index in [0.717, 1.165) is 3.93 Å². The van der Waals surface area contributed by atoms with Gasteiger partial charge in [0.25, 0.3) is 0 Å². The van der Waals surface area contributed by atoms with Gasteiger partial charge in [-0.3, -0.25) is 0 Å². The predicted molar refractivity (Wildman–Crippen MR) is 89.1 cm³/mol. The van der Waals surface area contributed by atoms with Crippen LogP contribution in [0.5, 0.6) is 0 Å². The summed E-state index contributed by atoms with van der Waals surface area (Å²) in [4.78, 5) is 0. The third kappa shape index (κ3) is 6.12. The van der Waals surface area contributed by atoms with E-state index in [4.69, 9.17) is 0 Å². The maximum absolute atomic E-state index is 4.17. The Labute approximate surface area is 121 Å². The van der Waals surface area contributed by atoms with Crippen molar-refractivity contribution < 1.29 is 0 Å². The molecule has 1 atom stereocenters. The van der Waals surface area contributed by atoms with Crippen molar-refractivity contribution in [2.24, 2.45) is 0 Å². The Morgan fingerprint density at radius 1 is 0.833 bits per heavy atom. The van der Waals surface area contributed by atoms with Crippen molar-refractivity contribution in [2.45, 2.75) is 89.9 Å². The molecule has 1 unspecified atom stereocenters. The molecule has 18 heavy (non-hydrogen) atoms. The van der Waals surface area contributed by atoms with Crippen molar-refractivity contribution in [1.29, 1.82) is 0 Å². The van der Waals surface area contributed by atoms with Crippen molar-refractivity contribution >= 4 is 18.4 Å². The van der Waals surface area contributed by atoms with E-state index in [1.807, 2.05) is 0 Å². The molecule has 0 aromatic carbocycles. The summed E-state index contributed by atoms with van der Waals surface area (Å²) in [6, 6.07) is 0. The Hall–Kier alpha value is 0.539. The van der Waals surface area contributed by atoms with Gasteiger partial charge in [-0.25, -0.2) is 0 Å². The van der Waals surface area contributed by atoms with Crippen LogP contribution in [0.2, 0.25) is 17.2 Å².